The average Bonchev–Trinajstić information content (AvgIpc) is 3.31. The van der Waals surface area contributed by atoms with E-state index in [0.717, 1.165) is 21.3 Å². The summed E-state index contributed by atoms with van der Waals surface area (Å²) < 4.78 is 2.42. The predicted molar refractivity (Wildman–Crippen MR) is 133 cm³/mol. The van der Waals surface area contributed by atoms with Gasteiger partial charge in [0, 0.05) is 12.2 Å². The van der Waals surface area contributed by atoms with Gasteiger partial charge in [0.15, 0.2) is 0 Å². The van der Waals surface area contributed by atoms with Gasteiger partial charge in [0.25, 0.3) is 5.56 Å². The first kappa shape index (κ1) is 23.2. The monoisotopic (exact) mass is 476 g/mol. The number of thiophene rings is 1. The fourth-order valence-corrected chi connectivity index (χ4v) is 4.36. The maximum absolute atomic E-state index is 13.2. The van der Waals surface area contributed by atoms with Crippen molar-refractivity contribution in [3.05, 3.63) is 97.5 Å². The molecule has 0 unspecified atom stereocenters. The molecule has 2 aromatic carbocycles. The van der Waals surface area contributed by atoms with Crippen molar-refractivity contribution in [2.75, 3.05) is 5.32 Å². The van der Waals surface area contributed by atoms with E-state index in [2.05, 4.69) is 10.6 Å². The van der Waals surface area contributed by atoms with E-state index in [1.165, 1.54) is 15.9 Å². The van der Waals surface area contributed by atoms with Gasteiger partial charge in [0.2, 0.25) is 11.8 Å². The van der Waals surface area contributed by atoms with Crippen molar-refractivity contribution in [1.29, 1.82) is 0 Å². The second-order valence-electron chi connectivity index (χ2n) is 8.07. The van der Waals surface area contributed by atoms with Gasteiger partial charge >= 0.3 is 5.69 Å². The zero-order chi connectivity index (χ0) is 24.2. The molecule has 2 amide bonds. The van der Waals surface area contributed by atoms with Gasteiger partial charge in [-0.2, -0.15) is 0 Å². The third-order valence-electron chi connectivity index (χ3n) is 5.39. The molecule has 9 heteroatoms. The van der Waals surface area contributed by atoms with Crippen LogP contribution in [0.1, 0.15) is 16.7 Å². The molecule has 0 spiro atoms. The number of hydrogen-bond donors (Lipinski definition) is 2. The fraction of sp³-hybridized carbons (Fsp3) is 0.200. The molecular weight excluding hydrogens is 452 g/mol. The molecule has 8 nitrogen and oxygen atoms in total. The molecule has 2 heterocycles. The number of benzene rings is 2. The highest BCUT2D eigenvalue weighted by Gasteiger charge is 2.18. The van der Waals surface area contributed by atoms with Crippen LogP contribution in [0.4, 0.5) is 5.69 Å². The number of aryl methyl sites for hydroxylation is 2. The molecule has 0 bridgehead atoms. The molecule has 0 aliphatic rings. The SMILES string of the molecule is Cc1ccc(CNC(=O)Cn2c(=O)c3sccc3n(CC(=O)Nc3ccc(C)cc3)c2=O)cc1. The van der Waals surface area contributed by atoms with Crippen molar-refractivity contribution in [2.45, 2.75) is 33.5 Å². The molecular formula is C25H24N4O4S. The number of hydrogen-bond acceptors (Lipinski definition) is 5. The Labute approximate surface area is 199 Å². The summed E-state index contributed by atoms with van der Waals surface area (Å²) in [6.45, 7) is 3.48. The largest absolute Gasteiger partial charge is 0.350 e. The van der Waals surface area contributed by atoms with Crippen LogP contribution in [0.25, 0.3) is 10.2 Å². The highest BCUT2D eigenvalue weighted by Crippen LogP contribution is 2.16. The number of anilines is 1. The van der Waals surface area contributed by atoms with Gasteiger partial charge in [0.05, 0.1) is 5.52 Å². The van der Waals surface area contributed by atoms with Crippen LogP contribution in [0.3, 0.4) is 0 Å². The van der Waals surface area contributed by atoms with Crippen LogP contribution in [0.2, 0.25) is 0 Å². The maximum atomic E-state index is 13.2. The Kier molecular flexibility index (Phi) is 6.74. The number of nitrogens with one attached hydrogen (secondary N) is 2. The number of carbonyl (C=O) groups excluding carboxylic acids is 2. The minimum atomic E-state index is -0.708. The first-order valence-electron chi connectivity index (χ1n) is 10.7. The summed E-state index contributed by atoms with van der Waals surface area (Å²) >= 11 is 1.17. The second-order valence-corrected chi connectivity index (χ2v) is 8.99. The van der Waals surface area contributed by atoms with Gasteiger partial charge in [-0.15, -0.1) is 11.3 Å². The Morgan fingerprint density at radius 2 is 1.44 bits per heavy atom. The molecule has 174 valence electrons. The van der Waals surface area contributed by atoms with E-state index in [0.29, 0.717) is 15.9 Å². The van der Waals surface area contributed by atoms with E-state index in [1.807, 2.05) is 50.2 Å². The van der Waals surface area contributed by atoms with Gasteiger partial charge in [-0.3, -0.25) is 19.0 Å². The van der Waals surface area contributed by atoms with Crippen LogP contribution in [0.15, 0.2) is 69.6 Å². The van der Waals surface area contributed by atoms with E-state index in [1.54, 1.807) is 23.6 Å². The lowest BCUT2D eigenvalue weighted by Crippen LogP contribution is -2.44. The molecule has 4 rings (SSSR count). The van der Waals surface area contributed by atoms with Crippen LogP contribution in [0.5, 0.6) is 0 Å². The molecule has 0 radical (unpaired) electrons. The summed E-state index contributed by atoms with van der Waals surface area (Å²) in [4.78, 5) is 51.2. The Hall–Kier alpha value is -3.98. The van der Waals surface area contributed by atoms with Crippen molar-refractivity contribution in [1.82, 2.24) is 14.5 Å². The third kappa shape index (κ3) is 5.15. The van der Waals surface area contributed by atoms with Gasteiger partial charge in [-0.1, -0.05) is 47.5 Å². The zero-order valence-corrected chi connectivity index (χ0v) is 19.6. The highest BCUT2D eigenvalue weighted by atomic mass is 32.1. The molecule has 2 aromatic heterocycles. The van der Waals surface area contributed by atoms with Gasteiger partial charge in [-0.25, -0.2) is 9.36 Å². The molecule has 2 N–H and O–H groups in total. The standard InChI is InChI=1S/C25H24N4O4S/c1-16-3-7-18(8-4-16)13-26-21(30)14-29-24(32)23-20(11-12-34-23)28(25(29)33)15-22(31)27-19-9-5-17(2)6-10-19/h3-12H,13-15H2,1-2H3,(H,26,30)(H,27,31). The van der Waals surface area contributed by atoms with Crippen molar-refractivity contribution in [3.63, 3.8) is 0 Å². The van der Waals surface area contributed by atoms with Crippen molar-refractivity contribution < 1.29 is 9.59 Å². The first-order valence-corrected chi connectivity index (χ1v) is 11.6. The zero-order valence-electron chi connectivity index (χ0n) is 18.8. The topological polar surface area (TPSA) is 102 Å². The lowest BCUT2D eigenvalue weighted by Gasteiger charge is -2.13. The lowest BCUT2D eigenvalue weighted by atomic mass is 10.1. The molecule has 0 aliphatic heterocycles. The number of amides is 2. The normalized spacial score (nSPS) is 10.9. The van der Waals surface area contributed by atoms with Crippen LogP contribution >= 0.6 is 11.3 Å². The van der Waals surface area contributed by atoms with E-state index < -0.39 is 29.6 Å². The summed E-state index contributed by atoms with van der Waals surface area (Å²) in [5.41, 5.74) is 2.80. The van der Waals surface area contributed by atoms with Crippen molar-refractivity contribution in [3.8, 4) is 0 Å². The van der Waals surface area contributed by atoms with Crippen LogP contribution in [0, 0.1) is 13.8 Å². The van der Waals surface area contributed by atoms with Crippen molar-refractivity contribution in [2.24, 2.45) is 0 Å². The van der Waals surface area contributed by atoms with Gasteiger partial charge in [0.1, 0.15) is 17.8 Å². The van der Waals surface area contributed by atoms with Gasteiger partial charge < -0.3 is 10.6 Å². The Morgan fingerprint density at radius 1 is 0.824 bits per heavy atom. The van der Waals surface area contributed by atoms with E-state index in [9.17, 15) is 19.2 Å². The first-order chi connectivity index (χ1) is 16.3. The number of fused-ring (bicyclic) bond motifs is 1. The molecule has 0 fully saturated rings. The number of carbonyl (C=O) groups is 2. The number of rotatable bonds is 7. The lowest BCUT2D eigenvalue weighted by molar-refractivity contribution is -0.122. The predicted octanol–water partition coefficient (Wildman–Crippen LogP) is 2.80. The highest BCUT2D eigenvalue weighted by molar-refractivity contribution is 7.17. The Bertz CT molecular complexity index is 1460. The van der Waals surface area contributed by atoms with E-state index in [4.69, 9.17) is 0 Å². The van der Waals surface area contributed by atoms with Crippen LogP contribution in [-0.2, 0) is 29.2 Å². The Morgan fingerprint density at radius 3 is 2.12 bits per heavy atom. The number of nitrogens with zero attached hydrogens (tertiary/aromatic N) is 2. The maximum Gasteiger partial charge on any atom is 0.332 e. The Balaban J connectivity index is 1.55. The van der Waals surface area contributed by atoms with Crippen LogP contribution < -0.4 is 21.9 Å². The molecule has 0 saturated heterocycles. The summed E-state index contributed by atoms with van der Waals surface area (Å²) in [5.74, 6) is -0.876. The summed E-state index contributed by atoms with van der Waals surface area (Å²) in [6, 6.07) is 16.6. The van der Waals surface area contributed by atoms with Crippen LogP contribution in [-0.4, -0.2) is 20.9 Å². The molecule has 0 saturated carbocycles. The quantitative estimate of drug-likeness (QED) is 0.428. The summed E-state index contributed by atoms with van der Waals surface area (Å²) in [7, 11) is 0. The molecule has 0 atom stereocenters. The minimum absolute atomic E-state index is 0.280. The average molecular weight is 477 g/mol. The minimum Gasteiger partial charge on any atom is -0.350 e. The third-order valence-corrected chi connectivity index (χ3v) is 6.28. The summed E-state index contributed by atoms with van der Waals surface area (Å²) in [6.07, 6.45) is 0. The molecule has 0 aliphatic carbocycles. The molecule has 4 aromatic rings. The van der Waals surface area contributed by atoms with E-state index in [-0.39, 0.29) is 13.1 Å². The van der Waals surface area contributed by atoms with Gasteiger partial charge in [-0.05, 0) is 43.0 Å². The smallest absolute Gasteiger partial charge is 0.332 e. The fourth-order valence-electron chi connectivity index (χ4n) is 3.51. The second kappa shape index (κ2) is 9.88. The van der Waals surface area contributed by atoms with E-state index >= 15 is 0 Å². The summed E-state index contributed by atoms with van der Waals surface area (Å²) in [5, 5.41) is 7.18. The number of aromatic nitrogens is 2. The molecule has 34 heavy (non-hydrogen) atoms. The van der Waals surface area contributed by atoms with Crippen molar-refractivity contribution >= 4 is 39.1 Å².